The van der Waals surface area contributed by atoms with Gasteiger partial charge in [-0.1, -0.05) is 0 Å². The highest BCUT2D eigenvalue weighted by Gasteiger charge is 2.09. The molecule has 2 aromatic rings. The minimum atomic E-state index is -0.339. The zero-order chi connectivity index (χ0) is 18.8. The Balaban J connectivity index is 0.000000251. The number of aliphatic hydroxyl groups excluding tert-OH is 1. The molecule has 1 aromatic carbocycles. The Morgan fingerprint density at radius 3 is 2.64 bits per heavy atom. The molecule has 0 saturated carbocycles. The van der Waals surface area contributed by atoms with Crippen molar-refractivity contribution >= 4 is 18.6 Å². The number of methoxy groups -OCH3 is 1. The number of thiol groups is 1. The Labute approximate surface area is 153 Å². The van der Waals surface area contributed by atoms with Gasteiger partial charge in [-0.2, -0.15) is 0 Å². The van der Waals surface area contributed by atoms with Gasteiger partial charge in [0.2, 0.25) is 0 Å². The lowest BCUT2D eigenvalue weighted by Crippen LogP contribution is -2.05. The molecule has 0 aliphatic heterocycles. The number of carbonyl (C=O) groups excluding carboxylic acids is 1. The third kappa shape index (κ3) is 6.45. The standard InChI is InChI=1S/C9H13NO3.C9H12O2S/c1-3-12-9(11)7-4-8(5-10-2)13-6-7;1-6-3-8(11-2)4-7(5-10)9(6)12/h4,6,10H,3,5H2,1-2H3;3-4,10,12H,5H2,1-2H3. The molecular formula is C18H25NO5S. The molecule has 1 aromatic heterocycles. The molecule has 0 atom stereocenters. The molecule has 0 bridgehead atoms. The number of nitrogens with one attached hydrogen (secondary N) is 1. The van der Waals surface area contributed by atoms with Gasteiger partial charge in [0, 0.05) is 4.90 Å². The van der Waals surface area contributed by atoms with Gasteiger partial charge in [0.25, 0.3) is 0 Å². The predicted octanol–water partition coefficient (Wildman–Crippen LogP) is 2.96. The topological polar surface area (TPSA) is 80.9 Å². The number of hydrogen-bond acceptors (Lipinski definition) is 7. The molecule has 138 valence electrons. The first kappa shape index (κ1) is 21.1. The Kier molecular flexibility index (Phi) is 9.12. The average Bonchev–Trinajstić information content (AvgIpc) is 3.07. The van der Waals surface area contributed by atoms with Crippen LogP contribution >= 0.6 is 12.6 Å². The maximum Gasteiger partial charge on any atom is 0.341 e. The first-order chi connectivity index (χ1) is 12.0. The van der Waals surface area contributed by atoms with Crippen LogP contribution in [0.3, 0.4) is 0 Å². The number of aryl methyl sites for hydroxylation is 1. The second-order valence-electron chi connectivity index (χ2n) is 5.16. The van der Waals surface area contributed by atoms with Gasteiger partial charge in [-0.05, 0) is 50.2 Å². The third-order valence-electron chi connectivity index (χ3n) is 3.27. The van der Waals surface area contributed by atoms with Crippen molar-refractivity contribution in [2.45, 2.75) is 31.9 Å². The fourth-order valence-corrected chi connectivity index (χ4v) is 2.22. The van der Waals surface area contributed by atoms with E-state index in [2.05, 4.69) is 17.9 Å². The van der Waals surface area contributed by atoms with Crippen molar-refractivity contribution in [3.8, 4) is 5.75 Å². The summed E-state index contributed by atoms with van der Waals surface area (Å²) in [6, 6.07) is 5.35. The number of benzene rings is 1. The molecule has 6 nitrogen and oxygen atoms in total. The molecule has 0 saturated heterocycles. The fourth-order valence-electron chi connectivity index (χ4n) is 2.02. The molecule has 0 amide bonds. The molecule has 2 N–H and O–H groups in total. The smallest absolute Gasteiger partial charge is 0.341 e. The summed E-state index contributed by atoms with van der Waals surface area (Å²) in [6.45, 7) is 4.69. The monoisotopic (exact) mass is 367 g/mol. The van der Waals surface area contributed by atoms with E-state index in [4.69, 9.17) is 19.0 Å². The molecular weight excluding hydrogens is 342 g/mol. The molecule has 2 rings (SSSR count). The van der Waals surface area contributed by atoms with Gasteiger partial charge in [0.15, 0.2) is 0 Å². The lowest BCUT2D eigenvalue weighted by atomic mass is 10.1. The number of rotatable bonds is 6. The molecule has 0 spiro atoms. The van der Waals surface area contributed by atoms with Gasteiger partial charge in [-0.15, -0.1) is 12.6 Å². The van der Waals surface area contributed by atoms with Crippen molar-refractivity contribution in [2.75, 3.05) is 20.8 Å². The lowest BCUT2D eigenvalue weighted by molar-refractivity contribution is 0.0525. The number of aliphatic hydroxyl groups is 1. The molecule has 0 unspecified atom stereocenters. The van der Waals surface area contributed by atoms with E-state index >= 15 is 0 Å². The summed E-state index contributed by atoms with van der Waals surface area (Å²) >= 11 is 4.26. The average molecular weight is 367 g/mol. The van der Waals surface area contributed by atoms with Crippen molar-refractivity contribution in [3.63, 3.8) is 0 Å². The predicted molar refractivity (Wildman–Crippen MR) is 98.3 cm³/mol. The van der Waals surface area contributed by atoms with E-state index in [1.807, 2.05) is 20.0 Å². The van der Waals surface area contributed by atoms with Crippen LogP contribution in [0.1, 0.15) is 34.2 Å². The zero-order valence-electron chi connectivity index (χ0n) is 15.0. The van der Waals surface area contributed by atoms with Crippen molar-refractivity contribution in [1.29, 1.82) is 0 Å². The number of ether oxygens (including phenoxy) is 2. The third-order valence-corrected chi connectivity index (χ3v) is 3.91. The van der Waals surface area contributed by atoms with Crippen molar-refractivity contribution in [3.05, 3.63) is 46.9 Å². The van der Waals surface area contributed by atoms with E-state index in [1.54, 1.807) is 26.2 Å². The Morgan fingerprint density at radius 1 is 1.36 bits per heavy atom. The van der Waals surface area contributed by atoms with Crippen molar-refractivity contribution < 1.29 is 23.8 Å². The largest absolute Gasteiger partial charge is 0.497 e. The number of carbonyl (C=O) groups is 1. The first-order valence-corrected chi connectivity index (χ1v) is 8.27. The zero-order valence-corrected chi connectivity index (χ0v) is 15.9. The summed E-state index contributed by atoms with van der Waals surface area (Å²) in [5.74, 6) is 1.15. The fraction of sp³-hybridized carbons (Fsp3) is 0.389. The van der Waals surface area contributed by atoms with Gasteiger partial charge >= 0.3 is 5.97 Å². The summed E-state index contributed by atoms with van der Waals surface area (Å²) in [7, 11) is 3.42. The van der Waals surface area contributed by atoms with Gasteiger partial charge in [0.05, 0.1) is 32.4 Å². The lowest BCUT2D eigenvalue weighted by Gasteiger charge is -2.08. The van der Waals surface area contributed by atoms with Crippen LogP contribution in [0.25, 0.3) is 0 Å². The maximum absolute atomic E-state index is 11.2. The Hall–Kier alpha value is -1.96. The highest BCUT2D eigenvalue weighted by atomic mass is 32.1. The quantitative estimate of drug-likeness (QED) is 0.538. The van der Waals surface area contributed by atoms with E-state index in [0.717, 1.165) is 27.5 Å². The highest BCUT2D eigenvalue weighted by molar-refractivity contribution is 7.80. The van der Waals surface area contributed by atoms with Gasteiger partial charge < -0.3 is 24.3 Å². The Bertz CT molecular complexity index is 684. The minimum absolute atomic E-state index is 0.00310. The molecule has 7 heteroatoms. The number of esters is 1. The van der Waals surface area contributed by atoms with E-state index in [9.17, 15) is 4.79 Å². The van der Waals surface area contributed by atoms with Crippen LogP contribution in [0.4, 0.5) is 0 Å². The number of furan rings is 1. The summed E-state index contributed by atoms with van der Waals surface area (Å²) in [4.78, 5) is 12.0. The van der Waals surface area contributed by atoms with Gasteiger partial charge in [-0.25, -0.2) is 4.79 Å². The van der Waals surface area contributed by atoms with Crippen LogP contribution in [0.2, 0.25) is 0 Å². The van der Waals surface area contributed by atoms with E-state index < -0.39 is 0 Å². The number of hydrogen-bond donors (Lipinski definition) is 3. The highest BCUT2D eigenvalue weighted by Crippen LogP contribution is 2.24. The van der Waals surface area contributed by atoms with Crippen LogP contribution in [0.5, 0.6) is 5.75 Å². The van der Waals surface area contributed by atoms with Gasteiger partial charge in [-0.3, -0.25) is 0 Å². The van der Waals surface area contributed by atoms with Gasteiger partial charge in [0.1, 0.15) is 17.8 Å². The molecule has 25 heavy (non-hydrogen) atoms. The molecule has 0 aliphatic carbocycles. The summed E-state index contributed by atoms with van der Waals surface area (Å²) in [5.41, 5.74) is 2.28. The van der Waals surface area contributed by atoms with Crippen LogP contribution < -0.4 is 10.1 Å². The normalized spacial score (nSPS) is 10.0. The molecule has 0 aliphatic rings. The molecule has 0 fully saturated rings. The van der Waals surface area contributed by atoms with Crippen LogP contribution in [0.15, 0.2) is 33.8 Å². The Morgan fingerprint density at radius 2 is 2.08 bits per heavy atom. The summed E-state index contributed by atoms with van der Waals surface area (Å²) in [6.07, 6.45) is 1.41. The second kappa shape index (κ2) is 10.8. The van der Waals surface area contributed by atoms with Crippen LogP contribution in [-0.2, 0) is 17.9 Å². The molecule has 1 heterocycles. The van der Waals surface area contributed by atoms with Crippen LogP contribution in [0, 0.1) is 6.92 Å². The summed E-state index contributed by atoms with van der Waals surface area (Å²) in [5, 5.41) is 11.9. The second-order valence-corrected chi connectivity index (χ2v) is 5.61. The van der Waals surface area contributed by atoms with Crippen molar-refractivity contribution in [1.82, 2.24) is 5.32 Å². The maximum atomic E-state index is 11.2. The van der Waals surface area contributed by atoms with E-state index in [-0.39, 0.29) is 12.6 Å². The SMILES string of the molecule is CCOC(=O)c1coc(CNC)c1.COc1cc(C)c(S)c(CO)c1. The molecule has 0 radical (unpaired) electrons. The summed E-state index contributed by atoms with van der Waals surface area (Å²) < 4.78 is 15.0. The van der Waals surface area contributed by atoms with Crippen LogP contribution in [-0.4, -0.2) is 31.8 Å². The minimum Gasteiger partial charge on any atom is -0.497 e. The van der Waals surface area contributed by atoms with E-state index in [1.165, 1.54) is 6.26 Å². The van der Waals surface area contributed by atoms with Crippen molar-refractivity contribution in [2.24, 2.45) is 0 Å². The first-order valence-electron chi connectivity index (χ1n) is 7.83. The van der Waals surface area contributed by atoms with E-state index in [0.29, 0.717) is 18.7 Å².